The molecule has 2 rings (SSSR count). The fraction of sp³-hybridized carbons (Fsp3) is 0.625. The van der Waals surface area contributed by atoms with Gasteiger partial charge in [-0.2, -0.15) is 0 Å². The van der Waals surface area contributed by atoms with Crippen LogP contribution < -0.4 is 5.32 Å². The Balaban J connectivity index is 1.96. The minimum Gasteiger partial charge on any atom is -0.385 e. The molecule has 0 bridgehead atoms. The minimum atomic E-state index is 0.304. The molecule has 3 nitrogen and oxygen atoms in total. The Hall–Kier alpha value is -0.900. The topological polar surface area (TPSA) is 30.5 Å². The molecular formula is C16H25NO2. The predicted molar refractivity (Wildman–Crippen MR) is 77.5 cm³/mol. The van der Waals surface area contributed by atoms with E-state index >= 15 is 0 Å². The molecule has 1 unspecified atom stereocenters. The maximum atomic E-state index is 5.96. The molecule has 0 saturated carbocycles. The molecule has 1 heterocycles. The monoisotopic (exact) mass is 263 g/mol. The highest BCUT2D eigenvalue weighted by molar-refractivity contribution is 5.21. The summed E-state index contributed by atoms with van der Waals surface area (Å²) in [6, 6.07) is 10.8. The van der Waals surface area contributed by atoms with Crippen molar-refractivity contribution in [3.63, 3.8) is 0 Å². The summed E-state index contributed by atoms with van der Waals surface area (Å²) >= 11 is 0. The zero-order chi connectivity index (χ0) is 13.3. The van der Waals surface area contributed by atoms with Crippen molar-refractivity contribution < 1.29 is 9.47 Å². The molecule has 19 heavy (non-hydrogen) atoms. The van der Waals surface area contributed by atoms with E-state index in [2.05, 4.69) is 35.6 Å². The lowest BCUT2D eigenvalue weighted by Gasteiger charge is -2.31. The smallest absolute Gasteiger partial charge is 0.0768 e. The normalized spacial score (nSPS) is 21.2. The van der Waals surface area contributed by atoms with Gasteiger partial charge in [0, 0.05) is 32.7 Å². The molecule has 2 atom stereocenters. The number of hydrogen-bond acceptors (Lipinski definition) is 3. The highest BCUT2D eigenvalue weighted by Gasteiger charge is 2.25. The quantitative estimate of drug-likeness (QED) is 0.767. The average molecular weight is 263 g/mol. The second kappa shape index (κ2) is 8.31. The third-order valence-electron chi connectivity index (χ3n) is 3.75. The molecule has 1 saturated heterocycles. The Morgan fingerprint density at radius 3 is 2.84 bits per heavy atom. The van der Waals surface area contributed by atoms with Gasteiger partial charge in [0.15, 0.2) is 0 Å². The van der Waals surface area contributed by atoms with E-state index < -0.39 is 0 Å². The van der Waals surface area contributed by atoms with Crippen molar-refractivity contribution in [3.8, 4) is 0 Å². The lowest BCUT2D eigenvalue weighted by molar-refractivity contribution is 0.00848. The van der Waals surface area contributed by atoms with Gasteiger partial charge in [0.1, 0.15) is 0 Å². The van der Waals surface area contributed by atoms with Gasteiger partial charge in [-0.05, 0) is 18.4 Å². The van der Waals surface area contributed by atoms with E-state index in [9.17, 15) is 0 Å². The van der Waals surface area contributed by atoms with Crippen LogP contribution in [0.2, 0.25) is 0 Å². The van der Waals surface area contributed by atoms with Crippen LogP contribution in [0.3, 0.4) is 0 Å². The van der Waals surface area contributed by atoms with Crippen molar-refractivity contribution in [3.05, 3.63) is 35.9 Å². The first-order valence-corrected chi connectivity index (χ1v) is 7.28. The number of nitrogens with one attached hydrogen (secondary N) is 1. The summed E-state index contributed by atoms with van der Waals surface area (Å²) < 4.78 is 11.1. The highest BCUT2D eigenvalue weighted by atomic mass is 16.5. The maximum Gasteiger partial charge on any atom is 0.0768 e. The fourth-order valence-electron chi connectivity index (χ4n) is 2.72. The van der Waals surface area contributed by atoms with E-state index in [0.717, 1.165) is 32.7 Å². The molecule has 0 aliphatic carbocycles. The Morgan fingerprint density at radius 1 is 1.32 bits per heavy atom. The van der Waals surface area contributed by atoms with Crippen LogP contribution >= 0.6 is 0 Å². The molecule has 1 aromatic rings. The lowest BCUT2D eigenvalue weighted by atomic mass is 9.88. The molecule has 1 aliphatic heterocycles. The van der Waals surface area contributed by atoms with Crippen molar-refractivity contribution in [2.75, 3.05) is 33.4 Å². The summed E-state index contributed by atoms with van der Waals surface area (Å²) in [6.07, 6.45) is 3.78. The Morgan fingerprint density at radius 2 is 2.16 bits per heavy atom. The van der Waals surface area contributed by atoms with Gasteiger partial charge in [-0.25, -0.2) is 0 Å². The summed E-state index contributed by atoms with van der Waals surface area (Å²) in [7, 11) is 1.77. The first kappa shape index (κ1) is 14.5. The summed E-state index contributed by atoms with van der Waals surface area (Å²) in [5, 5.41) is 3.44. The molecule has 3 heteroatoms. The maximum absolute atomic E-state index is 5.96. The number of benzene rings is 1. The van der Waals surface area contributed by atoms with Crippen molar-refractivity contribution in [2.45, 2.75) is 31.3 Å². The fourth-order valence-corrected chi connectivity index (χ4v) is 2.72. The molecule has 1 N–H and O–H groups in total. The van der Waals surface area contributed by atoms with Gasteiger partial charge >= 0.3 is 0 Å². The van der Waals surface area contributed by atoms with Gasteiger partial charge in [0.25, 0.3) is 0 Å². The minimum absolute atomic E-state index is 0.304. The number of morpholine rings is 1. The summed E-state index contributed by atoms with van der Waals surface area (Å²) in [4.78, 5) is 0. The van der Waals surface area contributed by atoms with E-state index in [1.165, 1.54) is 18.4 Å². The molecule has 106 valence electrons. The van der Waals surface area contributed by atoms with Crippen LogP contribution in [-0.4, -0.2) is 39.5 Å². The summed E-state index contributed by atoms with van der Waals surface area (Å²) in [5.74, 6) is 0.492. The zero-order valence-corrected chi connectivity index (χ0v) is 11.8. The number of rotatable bonds is 7. The number of methoxy groups -OCH3 is 1. The van der Waals surface area contributed by atoms with E-state index in [0.29, 0.717) is 12.0 Å². The molecule has 0 aromatic heterocycles. The highest BCUT2D eigenvalue weighted by Crippen LogP contribution is 2.28. The Kier molecular flexibility index (Phi) is 6.34. The molecule has 0 radical (unpaired) electrons. The van der Waals surface area contributed by atoms with Crippen LogP contribution in [-0.2, 0) is 9.47 Å². The lowest BCUT2D eigenvalue weighted by Crippen LogP contribution is -2.41. The molecule has 1 fully saturated rings. The first-order valence-electron chi connectivity index (χ1n) is 7.28. The van der Waals surface area contributed by atoms with Gasteiger partial charge in [-0.15, -0.1) is 0 Å². The van der Waals surface area contributed by atoms with Gasteiger partial charge < -0.3 is 14.8 Å². The van der Waals surface area contributed by atoms with Crippen molar-refractivity contribution >= 4 is 0 Å². The molecule has 1 aliphatic rings. The second-order valence-corrected chi connectivity index (χ2v) is 5.12. The number of hydrogen-bond donors (Lipinski definition) is 1. The predicted octanol–water partition coefficient (Wildman–Crippen LogP) is 2.58. The van der Waals surface area contributed by atoms with Crippen molar-refractivity contribution in [1.29, 1.82) is 0 Å². The SMILES string of the molecule is COCCCC[C@@H](c1ccccc1)C1CNCCO1. The van der Waals surface area contributed by atoms with Gasteiger partial charge in [0.2, 0.25) is 0 Å². The van der Waals surface area contributed by atoms with E-state index in [-0.39, 0.29) is 0 Å². The Labute approximate surface area is 116 Å². The van der Waals surface area contributed by atoms with Crippen LogP contribution in [0, 0.1) is 0 Å². The molecular weight excluding hydrogens is 238 g/mol. The van der Waals surface area contributed by atoms with Crippen LogP contribution in [0.15, 0.2) is 30.3 Å². The standard InChI is InChI=1S/C16H25NO2/c1-18-11-6-5-9-15(14-7-3-2-4-8-14)16-13-17-10-12-19-16/h2-4,7-8,15-17H,5-6,9-13H2,1H3/t15-,16?/m0/s1. The summed E-state index contributed by atoms with van der Waals surface area (Å²) in [6.45, 7) is 3.61. The largest absolute Gasteiger partial charge is 0.385 e. The molecule has 1 aromatic carbocycles. The average Bonchev–Trinajstić information content (AvgIpc) is 2.49. The second-order valence-electron chi connectivity index (χ2n) is 5.12. The Bertz CT molecular complexity index is 336. The van der Waals surface area contributed by atoms with E-state index in [1.54, 1.807) is 7.11 Å². The van der Waals surface area contributed by atoms with E-state index in [1.807, 2.05) is 0 Å². The van der Waals surface area contributed by atoms with E-state index in [4.69, 9.17) is 9.47 Å². The van der Waals surface area contributed by atoms with Crippen molar-refractivity contribution in [1.82, 2.24) is 5.32 Å². The van der Waals surface area contributed by atoms with Gasteiger partial charge in [-0.3, -0.25) is 0 Å². The summed E-state index contributed by atoms with van der Waals surface area (Å²) in [5.41, 5.74) is 1.40. The number of ether oxygens (including phenoxy) is 2. The third kappa shape index (κ3) is 4.60. The van der Waals surface area contributed by atoms with Gasteiger partial charge in [-0.1, -0.05) is 36.8 Å². The van der Waals surface area contributed by atoms with Crippen LogP contribution in [0.25, 0.3) is 0 Å². The zero-order valence-electron chi connectivity index (χ0n) is 11.8. The van der Waals surface area contributed by atoms with Crippen LogP contribution in [0.4, 0.5) is 0 Å². The molecule has 0 spiro atoms. The first-order chi connectivity index (χ1) is 9.42. The van der Waals surface area contributed by atoms with Gasteiger partial charge in [0.05, 0.1) is 12.7 Å². The van der Waals surface area contributed by atoms with Crippen LogP contribution in [0.1, 0.15) is 30.7 Å². The molecule has 0 amide bonds. The number of unbranched alkanes of at least 4 members (excludes halogenated alkanes) is 1. The van der Waals surface area contributed by atoms with Crippen molar-refractivity contribution in [2.24, 2.45) is 0 Å². The third-order valence-corrected chi connectivity index (χ3v) is 3.75. The van der Waals surface area contributed by atoms with Crippen LogP contribution in [0.5, 0.6) is 0 Å².